The number of aryl methyl sites for hydroxylation is 1. The van der Waals surface area contributed by atoms with Crippen molar-refractivity contribution in [3.05, 3.63) is 58.2 Å². The Balaban J connectivity index is 1.80. The van der Waals surface area contributed by atoms with Gasteiger partial charge >= 0.3 is 5.97 Å². The highest BCUT2D eigenvalue weighted by atomic mass is 32.1. The molecule has 3 aromatic heterocycles. The molecule has 0 bridgehead atoms. The second-order valence-electron chi connectivity index (χ2n) is 5.85. The van der Waals surface area contributed by atoms with Crippen molar-refractivity contribution >= 4 is 50.0 Å². The third kappa shape index (κ3) is 2.36. The second kappa shape index (κ2) is 5.96. The molecule has 0 aliphatic rings. The van der Waals surface area contributed by atoms with Crippen molar-refractivity contribution in [2.45, 2.75) is 6.92 Å². The van der Waals surface area contributed by atoms with E-state index in [1.807, 2.05) is 18.2 Å². The van der Waals surface area contributed by atoms with Gasteiger partial charge in [-0.2, -0.15) is 0 Å². The van der Waals surface area contributed by atoms with Crippen LogP contribution >= 0.6 is 11.3 Å². The molecular formula is C19H14N2O4S. The number of aromatic amines is 2. The Morgan fingerprint density at radius 2 is 1.88 bits per heavy atom. The number of aromatic nitrogens is 2. The molecule has 0 amide bonds. The van der Waals surface area contributed by atoms with Gasteiger partial charge in [0.05, 0.1) is 28.5 Å². The third-order valence-corrected chi connectivity index (χ3v) is 5.37. The van der Waals surface area contributed by atoms with Crippen LogP contribution in [0.25, 0.3) is 21.1 Å². The van der Waals surface area contributed by atoms with Crippen LogP contribution in [0.4, 0.5) is 0 Å². The van der Waals surface area contributed by atoms with Gasteiger partial charge in [-0.25, -0.2) is 4.79 Å². The molecule has 0 radical (unpaired) electrons. The molecule has 0 aliphatic heterocycles. The van der Waals surface area contributed by atoms with E-state index in [9.17, 15) is 14.4 Å². The zero-order chi connectivity index (χ0) is 18.4. The molecule has 3 heterocycles. The number of ketones is 2. The number of ether oxygens (including phenoxy) is 1. The molecule has 0 aliphatic carbocycles. The number of para-hydroxylation sites is 1. The molecule has 0 fully saturated rings. The monoisotopic (exact) mass is 366 g/mol. The first-order chi connectivity index (χ1) is 12.5. The van der Waals surface area contributed by atoms with Crippen molar-refractivity contribution in [1.29, 1.82) is 0 Å². The van der Waals surface area contributed by atoms with Crippen molar-refractivity contribution < 1.29 is 19.1 Å². The van der Waals surface area contributed by atoms with E-state index in [0.717, 1.165) is 15.1 Å². The van der Waals surface area contributed by atoms with Gasteiger partial charge in [-0.3, -0.25) is 9.59 Å². The van der Waals surface area contributed by atoms with E-state index in [1.54, 1.807) is 25.3 Å². The Bertz CT molecular complexity index is 1200. The summed E-state index contributed by atoms with van der Waals surface area (Å²) in [5.74, 6) is -1.70. The van der Waals surface area contributed by atoms with Crippen molar-refractivity contribution in [2.75, 3.05) is 7.11 Å². The number of rotatable bonds is 4. The van der Waals surface area contributed by atoms with Crippen LogP contribution < -0.4 is 0 Å². The fraction of sp³-hybridized carbons (Fsp3) is 0.105. The molecule has 0 saturated carbocycles. The van der Waals surface area contributed by atoms with E-state index in [1.165, 1.54) is 18.4 Å². The van der Waals surface area contributed by atoms with Crippen LogP contribution in [-0.4, -0.2) is 34.6 Å². The van der Waals surface area contributed by atoms with Crippen LogP contribution in [0.5, 0.6) is 0 Å². The average Bonchev–Trinajstić information content (AvgIpc) is 3.31. The van der Waals surface area contributed by atoms with E-state index < -0.39 is 17.5 Å². The van der Waals surface area contributed by atoms with Gasteiger partial charge in [0.25, 0.3) is 0 Å². The van der Waals surface area contributed by atoms with Crippen LogP contribution in [0.15, 0.2) is 36.5 Å². The Kier molecular flexibility index (Phi) is 3.73. The molecule has 0 unspecified atom stereocenters. The SMILES string of the molecule is COC(=O)c1cc2sc(C)c(C(=O)C(=O)c3c[nH]c4ccccc34)c2[nH]1. The molecule has 7 heteroatoms. The molecule has 2 N–H and O–H groups in total. The maximum atomic E-state index is 12.9. The standard InChI is InChI=1S/C19H14N2O4S/c1-9-15(16-14(26-9)7-13(21-16)19(24)25-2)18(23)17(22)11-8-20-12-6-4-3-5-10(11)12/h3-8,20-21H,1-2H3. The molecule has 4 aromatic rings. The number of hydrogen-bond donors (Lipinski definition) is 2. The van der Waals surface area contributed by atoms with Gasteiger partial charge in [-0.15, -0.1) is 11.3 Å². The molecule has 1 aromatic carbocycles. The topological polar surface area (TPSA) is 92.0 Å². The molecule has 6 nitrogen and oxygen atoms in total. The Hall–Kier alpha value is -3.19. The average molecular weight is 366 g/mol. The van der Waals surface area contributed by atoms with E-state index in [2.05, 4.69) is 9.97 Å². The number of H-pyrrole nitrogens is 2. The third-order valence-electron chi connectivity index (χ3n) is 4.32. The maximum absolute atomic E-state index is 12.9. The lowest BCUT2D eigenvalue weighted by Gasteiger charge is -2.00. The number of nitrogens with one attached hydrogen (secondary N) is 2. The van der Waals surface area contributed by atoms with Crippen LogP contribution in [0.3, 0.4) is 0 Å². The smallest absolute Gasteiger partial charge is 0.354 e. The van der Waals surface area contributed by atoms with Crippen molar-refractivity contribution in [1.82, 2.24) is 9.97 Å². The van der Waals surface area contributed by atoms with Gasteiger partial charge in [-0.1, -0.05) is 18.2 Å². The summed E-state index contributed by atoms with van der Waals surface area (Å²) in [5.41, 5.74) is 2.18. The highest BCUT2D eigenvalue weighted by Crippen LogP contribution is 2.33. The van der Waals surface area contributed by atoms with Crippen LogP contribution in [0.1, 0.15) is 36.1 Å². The number of carbonyl (C=O) groups is 3. The number of Topliss-reactive ketones (excluding diaryl/α,β-unsaturated/α-hetero) is 2. The minimum Gasteiger partial charge on any atom is -0.464 e. The summed E-state index contributed by atoms with van der Waals surface area (Å²) < 4.78 is 5.43. The lowest BCUT2D eigenvalue weighted by atomic mass is 10.0. The van der Waals surface area contributed by atoms with E-state index in [0.29, 0.717) is 22.0 Å². The van der Waals surface area contributed by atoms with Crippen molar-refractivity contribution in [2.24, 2.45) is 0 Å². The molecule has 0 spiro atoms. The first-order valence-electron chi connectivity index (χ1n) is 7.87. The highest BCUT2D eigenvalue weighted by Gasteiger charge is 2.27. The van der Waals surface area contributed by atoms with E-state index in [-0.39, 0.29) is 5.69 Å². The summed E-state index contributed by atoms with van der Waals surface area (Å²) in [4.78, 5) is 44.1. The molecule has 0 atom stereocenters. The fourth-order valence-electron chi connectivity index (χ4n) is 3.08. The largest absolute Gasteiger partial charge is 0.464 e. The van der Waals surface area contributed by atoms with Gasteiger partial charge < -0.3 is 14.7 Å². The van der Waals surface area contributed by atoms with Crippen molar-refractivity contribution in [3.63, 3.8) is 0 Å². The normalized spacial score (nSPS) is 11.2. The molecule has 130 valence electrons. The predicted molar refractivity (Wildman–Crippen MR) is 99.2 cm³/mol. The minimum atomic E-state index is -0.600. The minimum absolute atomic E-state index is 0.252. The molecular weight excluding hydrogens is 352 g/mol. The number of fused-ring (bicyclic) bond motifs is 2. The Morgan fingerprint density at radius 3 is 2.65 bits per heavy atom. The quantitative estimate of drug-likeness (QED) is 0.326. The fourth-order valence-corrected chi connectivity index (χ4v) is 4.14. The van der Waals surface area contributed by atoms with E-state index in [4.69, 9.17) is 4.74 Å². The first-order valence-corrected chi connectivity index (χ1v) is 8.68. The Morgan fingerprint density at radius 1 is 1.12 bits per heavy atom. The number of benzene rings is 1. The number of hydrogen-bond acceptors (Lipinski definition) is 5. The first kappa shape index (κ1) is 16.3. The zero-order valence-corrected chi connectivity index (χ0v) is 14.8. The summed E-state index contributed by atoms with van der Waals surface area (Å²) in [6.07, 6.45) is 1.55. The van der Waals surface area contributed by atoms with E-state index >= 15 is 0 Å². The van der Waals surface area contributed by atoms with Gasteiger partial charge in [0.15, 0.2) is 0 Å². The van der Waals surface area contributed by atoms with Crippen LogP contribution in [0, 0.1) is 6.92 Å². The Labute approximate surface area is 151 Å². The van der Waals surface area contributed by atoms with Gasteiger partial charge in [0.2, 0.25) is 11.6 Å². The molecule has 4 rings (SSSR count). The van der Waals surface area contributed by atoms with Gasteiger partial charge in [0, 0.05) is 22.0 Å². The summed E-state index contributed by atoms with van der Waals surface area (Å²) >= 11 is 1.35. The second-order valence-corrected chi connectivity index (χ2v) is 7.11. The van der Waals surface area contributed by atoms with Crippen molar-refractivity contribution in [3.8, 4) is 0 Å². The summed E-state index contributed by atoms with van der Waals surface area (Å²) in [6.45, 7) is 1.78. The lowest BCUT2D eigenvalue weighted by Crippen LogP contribution is -2.15. The van der Waals surface area contributed by atoms with Gasteiger partial charge in [0.1, 0.15) is 5.69 Å². The number of thiophene rings is 1. The lowest BCUT2D eigenvalue weighted by molar-refractivity contribution is 0.0595. The number of carbonyl (C=O) groups excluding carboxylic acids is 3. The molecule has 0 saturated heterocycles. The maximum Gasteiger partial charge on any atom is 0.354 e. The highest BCUT2D eigenvalue weighted by molar-refractivity contribution is 7.19. The summed E-state index contributed by atoms with van der Waals surface area (Å²) in [6, 6.07) is 8.95. The number of methoxy groups -OCH3 is 1. The molecule has 26 heavy (non-hydrogen) atoms. The van der Waals surface area contributed by atoms with Crippen LogP contribution in [0.2, 0.25) is 0 Å². The predicted octanol–water partition coefficient (Wildman–Crippen LogP) is 3.87. The summed E-state index contributed by atoms with van der Waals surface area (Å²) in [5, 5.41) is 0.705. The number of esters is 1. The summed E-state index contributed by atoms with van der Waals surface area (Å²) in [7, 11) is 1.29. The zero-order valence-electron chi connectivity index (χ0n) is 14.0. The van der Waals surface area contributed by atoms with Crippen LogP contribution in [-0.2, 0) is 4.74 Å². The van der Waals surface area contributed by atoms with Gasteiger partial charge in [-0.05, 0) is 19.1 Å².